The minimum Gasteiger partial charge on any atom is -0.394 e. The Balaban J connectivity index is 2.11. The molecule has 0 saturated carbocycles. The van der Waals surface area contributed by atoms with Gasteiger partial charge in [0.2, 0.25) is 0 Å². The molecule has 2 amide bonds. The Kier molecular flexibility index (Phi) is 3.29. The van der Waals surface area contributed by atoms with Crippen molar-refractivity contribution in [3.8, 4) is 0 Å². The van der Waals surface area contributed by atoms with Gasteiger partial charge in [-0.25, -0.2) is 9.18 Å². The number of halogens is 1. The Morgan fingerprint density at radius 1 is 1.59 bits per heavy atom. The number of rotatable bonds is 2. The van der Waals surface area contributed by atoms with E-state index in [1.54, 1.807) is 0 Å². The van der Waals surface area contributed by atoms with E-state index in [4.69, 9.17) is 14.9 Å². The fraction of sp³-hybridized carbons (Fsp3) is 0.667. The monoisotopic (exact) mass is 248 g/mol. The Hall–Kier alpha value is -1.22. The molecule has 4 atom stereocenters. The molecular formula is C9H13FN2O5. The zero-order valence-corrected chi connectivity index (χ0v) is 8.78. The third-order valence-electron chi connectivity index (χ3n) is 2.71. The number of carbonyl (C=O) groups excluding carboxylic acids is 1. The second-order valence-corrected chi connectivity index (χ2v) is 3.89. The van der Waals surface area contributed by atoms with Gasteiger partial charge in [0.1, 0.15) is 12.3 Å². The first-order valence-corrected chi connectivity index (χ1v) is 5.11. The summed E-state index contributed by atoms with van der Waals surface area (Å²) in [7, 11) is 0. The van der Waals surface area contributed by atoms with E-state index in [1.807, 2.05) is 5.32 Å². The smallest absolute Gasteiger partial charge is 0.325 e. The number of aliphatic hydroxyl groups excluding tert-OH is 3. The lowest BCUT2D eigenvalue weighted by Gasteiger charge is -2.30. The fourth-order valence-corrected chi connectivity index (χ4v) is 1.79. The van der Waals surface area contributed by atoms with Crippen molar-refractivity contribution in [2.45, 2.75) is 31.1 Å². The van der Waals surface area contributed by atoms with E-state index < -0.39 is 36.5 Å². The van der Waals surface area contributed by atoms with Crippen molar-refractivity contribution in [1.29, 1.82) is 0 Å². The highest BCUT2D eigenvalue weighted by Crippen LogP contribution is 2.25. The molecule has 7 nitrogen and oxygen atoms in total. The topological polar surface area (TPSA) is 102 Å². The molecule has 0 aromatic carbocycles. The molecule has 96 valence electrons. The van der Waals surface area contributed by atoms with Crippen molar-refractivity contribution in [2.24, 2.45) is 0 Å². The molecule has 2 rings (SSSR count). The Morgan fingerprint density at radius 2 is 2.29 bits per heavy atom. The SMILES string of the molecule is O=C1NC(O)C(F)=CN1[C@H]1CC(O)[C@@H](CO)O1. The molecule has 2 aliphatic heterocycles. The number of ether oxygens (including phenoxy) is 1. The van der Waals surface area contributed by atoms with Crippen molar-refractivity contribution in [3.05, 3.63) is 12.0 Å². The average Bonchev–Trinajstić information content (AvgIpc) is 2.65. The van der Waals surface area contributed by atoms with Gasteiger partial charge in [0, 0.05) is 12.6 Å². The van der Waals surface area contributed by atoms with E-state index in [9.17, 15) is 14.3 Å². The maximum absolute atomic E-state index is 13.1. The maximum atomic E-state index is 13.1. The molecule has 0 spiro atoms. The molecule has 8 heteroatoms. The molecule has 2 unspecified atom stereocenters. The van der Waals surface area contributed by atoms with Crippen LogP contribution in [-0.4, -0.2) is 57.5 Å². The molecular weight excluding hydrogens is 235 g/mol. The van der Waals surface area contributed by atoms with E-state index >= 15 is 0 Å². The van der Waals surface area contributed by atoms with Crippen molar-refractivity contribution >= 4 is 6.03 Å². The minimum absolute atomic E-state index is 0.0680. The molecule has 1 saturated heterocycles. The van der Waals surface area contributed by atoms with Crippen molar-refractivity contribution in [2.75, 3.05) is 6.61 Å². The summed E-state index contributed by atoms with van der Waals surface area (Å²) in [5.74, 6) is -0.921. The lowest BCUT2D eigenvalue weighted by atomic mass is 10.2. The maximum Gasteiger partial charge on any atom is 0.325 e. The van der Waals surface area contributed by atoms with Gasteiger partial charge in [-0.05, 0) is 0 Å². The summed E-state index contributed by atoms with van der Waals surface area (Å²) in [6.45, 7) is -0.387. The van der Waals surface area contributed by atoms with Crippen LogP contribution in [0.2, 0.25) is 0 Å². The van der Waals surface area contributed by atoms with Crippen molar-refractivity contribution in [1.82, 2.24) is 10.2 Å². The highest BCUT2D eigenvalue weighted by molar-refractivity contribution is 5.77. The fourth-order valence-electron chi connectivity index (χ4n) is 1.79. The van der Waals surface area contributed by atoms with E-state index in [1.165, 1.54) is 0 Å². The first kappa shape index (κ1) is 12.2. The summed E-state index contributed by atoms with van der Waals surface area (Å²) in [6, 6.07) is -0.727. The van der Waals surface area contributed by atoms with Crippen LogP contribution in [0.25, 0.3) is 0 Å². The quantitative estimate of drug-likeness (QED) is 0.482. The van der Waals surface area contributed by atoms with Gasteiger partial charge in [-0.15, -0.1) is 0 Å². The molecule has 0 aliphatic carbocycles. The minimum atomic E-state index is -1.65. The molecule has 0 bridgehead atoms. The van der Waals surface area contributed by atoms with Crippen LogP contribution in [0.4, 0.5) is 9.18 Å². The highest BCUT2D eigenvalue weighted by atomic mass is 19.1. The molecule has 4 N–H and O–H groups in total. The second-order valence-electron chi connectivity index (χ2n) is 3.89. The van der Waals surface area contributed by atoms with E-state index in [-0.39, 0.29) is 13.0 Å². The largest absolute Gasteiger partial charge is 0.394 e. The van der Waals surface area contributed by atoms with Crippen LogP contribution in [0.15, 0.2) is 12.0 Å². The average molecular weight is 248 g/mol. The number of urea groups is 1. The first-order chi connectivity index (χ1) is 8.02. The van der Waals surface area contributed by atoms with Crippen LogP contribution >= 0.6 is 0 Å². The van der Waals surface area contributed by atoms with E-state index in [0.717, 1.165) is 11.1 Å². The summed E-state index contributed by atoms with van der Waals surface area (Å²) in [6.07, 6.45) is -3.34. The number of amides is 2. The predicted octanol–water partition coefficient (Wildman–Crippen LogP) is -1.39. The molecule has 2 heterocycles. The predicted molar refractivity (Wildman–Crippen MR) is 51.9 cm³/mol. The van der Waals surface area contributed by atoms with Crippen LogP contribution < -0.4 is 5.32 Å². The molecule has 1 fully saturated rings. The summed E-state index contributed by atoms with van der Waals surface area (Å²) in [4.78, 5) is 12.4. The number of aliphatic hydroxyl groups is 3. The molecule has 0 radical (unpaired) electrons. The molecule has 0 aromatic rings. The van der Waals surface area contributed by atoms with Gasteiger partial charge in [0.05, 0.1) is 12.7 Å². The number of nitrogens with one attached hydrogen (secondary N) is 1. The molecule has 0 aromatic heterocycles. The van der Waals surface area contributed by atoms with Crippen molar-refractivity contribution < 1.29 is 29.2 Å². The number of hydrogen-bond donors (Lipinski definition) is 4. The van der Waals surface area contributed by atoms with Crippen molar-refractivity contribution in [3.63, 3.8) is 0 Å². The Bertz CT molecular complexity index is 350. The lowest BCUT2D eigenvalue weighted by molar-refractivity contribution is -0.0569. The van der Waals surface area contributed by atoms with E-state index in [2.05, 4.69) is 0 Å². The Labute approximate surface area is 96.1 Å². The third-order valence-corrected chi connectivity index (χ3v) is 2.71. The van der Waals surface area contributed by atoms with Gasteiger partial charge >= 0.3 is 6.03 Å². The van der Waals surface area contributed by atoms with Crippen LogP contribution in [0.5, 0.6) is 0 Å². The number of nitrogens with zero attached hydrogens (tertiary/aromatic N) is 1. The van der Waals surface area contributed by atoms with Gasteiger partial charge in [-0.2, -0.15) is 0 Å². The standard InChI is InChI=1S/C9H13FN2O5/c10-4-2-12(9(16)11-8(4)15)7-1-5(14)6(3-13)17-7/h2,5-8,13-15H,1,3H2,(H,11,16)/t5?,6-,7-,8?/m1/s1. The van der Waals surface area contributed by atoms with Crippen LogP contribution in [-0.2, 0) is 4.74 Å². The summed E-state index contributed by atoms with van der Waals surface area (Å²) < 4.78 is 18.3. The highest BCUT2D eigenvalue weighted by Gasteiger charge is 2.40. The van der Waals surface area contributed by atoms with Crippen LogP contribution in [0, 0.1) is 0 Å². The zero-order valence-electron chi connectivity index (χ0n) is 8.78. The second kappa shape index (κ2) is 4.57. The van der Waals surface area contributed by atoms with Gasteiger partial charge < -0.3 is 25.4 Å². The zero-order chi connectivity index (χ0) is 12.6. The molecule has 2 aliphatic rings. The first-order valence-electron chi connectivity index (χ1n) is 5.11. The van der Waals surface area contributed by atoms with Gasteiger partial charge in [-0.1, -0.05) is 0 Å². The number of hydrogen-bond acceptors (Lipinski definition) is 5. The van der Waals surface area contributed by atoms with Gasteiger partial charge in [0.25, 0.3) is 0 Å². The third kappa shape index (κ3) is 2.25. The van der Waals surface area contributed by atoms with Crippen LogP contribution in [0.1, 0.15) is 6.42 Å². The summed E-state index contributed by atoms with van der Waals surface area (Å²) >= 11 is 0. The van der Waals surface area contributed by atoms with Crippen LogP contribution in [0.3, 0.4) is 0 Å². The summed E-state index contributed by atoms with van der Waals surface area (Å²) in [5, 5.41) is 29.4. The summed E-state index contributed by atoms with van der Waals surface area (Å²) in [5.41, 5.74) is 0. The Morgan fingerprint density at radius 3 is 2.88 bits per heavy atom. The lowest BCUT2D eigenvalue weighted by Crippen LogP contribution is -2.51. The normalized spacial score (nSPS) is 38.0. The molecule has 17 heavy (non-hydrogen) atoms. The van der Waals surface area contributed by atoms with Gasteiger partial charge in [-0.3, -0.25) is 4.90 Å². The van der Waals surface area contributed by atoms with Gasteiger partial charge in [0.15, 0.2) is 12.1 Å². The van der Waals surface area contributed by atoms with E-state index in [0.29, 0.717) is 0 Å². The number of carbonyl (C=O) groups is 1.